The standard InChI is InChI=1S/C15H25NOS/c1-12-3-5-13(6-4-12)9-16-10-14-7-8-15(17-14)11-18-2/h7-8,12-13,16H,3-6,9-11H2,1-2H3. The van der Waals surface area contributed by atoms with Crippen LogP contribution in [0.3, 0.4) is 0 Å². The Morgan fingerprint density at radius 2 is 1.94 bits per heavy atom. The fourth-order valence-corrected chi connectivity index (χ4v) is 3.11. The highest BCUT2D eigenvalue weighted by molar-refractivity contribution is 7.97. The number of thioether (sulfide) groups is 1. The fraction of sp³-hybridized carbons (Fsp3) is 0.733. The van der Waals surface area contributed by atoms with Crippen molar-refractivity contribution < 1.29 is 4.42 Å². The lowest BCUT2D eigenvalue weighted by Crippen LogP contribution is -2.25. The molecule has 0 aliphatic heterocycles. The highest BCUT2D eigenvalue weighted by Crippen LogP contribution is 2.27. The molecule has 0 unspecified atom stereocenters. The van der Waals surface area contributed by atoms with E-state index in [0.29, 0.717) is 0 Å². The maximum Gasteiger partial charge on any atom is 0.117 e. The Morgan fingerprint density at radius 3 is 2.67 bits per heavy atom. The van der Waals surface area contributed by atoms with E-state index in [-0.39, 0.29) is 0 Å². The van der Waals surface area contributed by atoms with Gasteiger partial charge in [0.15, 0.2) is 0 Å². The Kier molecular flexibility index (Phi) is 5.64. The first-order valence-corrected chi connectivity index (χ1v) is 8.44. The minimum absolute atomic E-state index is 0.875. The predicted molar refractivity (Wildman–Crippen MR) is 78.8 cm³/mol. The van der Waals surface area contributed by atoms with Crippen LogP contribution < -0.4 is 5.32 Å². The zero-order valence-electron chi connectivity index (χ0n) is 11.6. The molecule has 1 aromatic heterocycles. The van der Waals surface area contributed by atoms with E-state index in [4.69, 9.17) is 4.42 Å². The van der Waals surface area contributed by atoms with E-state index in [1.165, 1.54) is 25.7 Å². The molecule has 1 aliphatic carbocycles. The molecule has 2 rings (SSSR count). The Morgan fingerprint density at radius 1 is 1.22 bits per heavy atom. The van der Waals surface area contributed by atoms with Gasteiger partial charge in [-0.1, -0.05) is 19.8 Å². The molecule has 102 valence electrons. The Labute approximate surface area is 115 Å². The van der Waals surface area contributed by atoms with Crippen molar-refractivity contribution in [1.82, 2.24) is 5.32 Å². The van der Waals surface area contributed by atoms with Crippen molar-refractivity contribution in [3.8, 4) is 0 Å². The van der Waals surface area contributed by atoms with E-state index in [1.807, 2.05) is 0 Å². The van der Waals surface area contributed by atoms with Crippen LogP contribution in [0, 0.1) is 11.8 Å². The van der Waals surface area contributed by atoms with Crippen molar-refractivity contribution in [2.75, 3.05) is 12.8 Å². The van der Waals surface area contributed by atoms with Crippen LogP contribution in [0.4, 0.5) is 0 Å². The van der Waals surface area contributed by atoms with Gasteiger partial charge >= 0.3 is 0 Å². The van der Waals surface area contributed by atoms with Crippen LogP contribution in [-0.4, -0.2) is 12.8 Å². The summed E-state index contributed by atoms with van der Waals surface area (Å²) in [5.74, 6) is 4.96. The first kappa shape index (κ1) is 14.0. The third-order valence-electron chi connectivity index (χ3n) is 3.87. The summed E-state index contributed by atoms with van der Waals surface area (Å²) in [5.41, 5.74) is 0. The van der Waals surface area contributed by atoms with E-state index in [0.717, 1.165) is 42.2 Å². The molecule has 0 spiro atoms. The summed E-state index contributed by atoms with van der Waals surface area (Å²) >= 11 is 1.80. The lowest BCUT2D eigenvalue weighted by Gasteiger charge is -2.26. The van der Waals surface area contributed by atoms with Gasteiger partial charge in [-0.05, 0) is 49.6 Å². The van der Waals surface area contributed by atoms with E-state index in [9.17, 15) is 0 Å². The molecule has 18 heavy (non-hydrogen) atoms. The Hall–Kier alpha value is -0.410. The molecule has 1 N–H and O–H groups in total. The highest BCUT2D eigenvalue weighted by Gasteiger charge is 2.17. The predicted octanol–water partition coefficient (Wildman–Crippen LogP) is 4.06. The molecule has 2 nitrogen and oxygen atoms in total. The van der Waals surface area contributed by atoms with Gasteiger partial charge in [0.1, 0.15) is 11.5 Å². The largest absolute Gasteiger partial charge is 0.464 e. The normalized spacial score (nSPS) is 24.3. The molecular weight excluding hydrogens is 242 g/mol. The topological polar surface area (TPSA) is 25.2 Å². The molecule has 0 radical (unpaired) electrons. The molecule has 1 fully saturated rings. The second kappa shape index (κ2) is 7.25. The summed E-state index contributed by atoms with van der Waals surface area (Å²) in [6.07, 6.45) is 7.70. The summed E-state index contributed by atoms with van der Waals surface area (Å²) in [6.45, 7) is 4.39. The summed E-state index contributed by atoms with van der Waals surface area (Å²) < 4.78 is 5.75. The Bertz CT molecular complexity index is 342. The molecule has 0 atom stereocenters. The first-order valence-electron chi connectivity index (χ1n) is 7.05. The van der Waals surface area contributed by atoms with Crippen molar-refractivity contribution >= 4 is 11.8 Å². The van der Waals surface area contributed by atoms with Gasteiger partial charge in [-0.25, -0.2) is 0 Å². The SMILES string of the molecule is CSCc1ccc(CNCC2CCC(C)CC2)o1. The van der Waals surface area contributed by atoms with Crippen molar-refractivity contribution in [1.29, 1.82) is 0 Å². The molecule has 3 heteroatoms. The average Bonchev–Trinajstić information content (AvgIpc) is 2.80. The van der Waals surface area contributed by atoms with E-state index in [2.05, 4.69) is 30.6 Å². The summed E-state index contributed by atoms with van der Waals surface area (Å²) in [6, 6.07) is 4.19. The first-order chi connectivity index (χ1) is 8.78. The number of nitrogens with one attached hydrogen (secondary N) is 1. The van der Waals surface area contributed by atoms with Gasteiger partial charge in [0, 0.05) is 0 Å². The smallest absolute Gasteiger partial charge is 0.117 e. The van der Waals surface area contributed by atoms with Crippen LogP contribution in [0.25, 0.3) is 0 Å². The third kappa shape index (κ3) is 4.36. The minimum Gasteiger partial charge on any atom is -0.464 e. The molecule has 1 aromatic rings. The van der Waals surface area contributed by atoms with Crippen LogP contribution >= 0.6 is 11.8 Å². The molecule has 1 heterocycles. The monoisotopic (exact) mass is 267 g/mol. The Balaban J connectivity index is 1.65. The highest BCUT2D eigenvalue weighted by atomic mass is 32.2. The van der Waals surface area contributed by atoms with Crippen LogP contribution in [0.2, 0.25) is 0 Å². The molecule has 1 saturated carbocycles. The molecule has 0 amide bonds. The van der Waals surface area contributed by atoms with Crippen LogP contribution in [0.1, 0.15) is 44.1 Å². The van der Waals surface area contributed by atoms with E-state index >= 15 is 0 Å². The molecule has 1 aliphatic rings. The van der Waals surface area contributed by atoms with E-state index in [1.54, 1.807) is 11.8 Å². The second-order valence-electron chi connectivity index (χ2n) is 5.56. The quantitative estimate of drug-likeness (QED) is 0.841. The summed E-state index contributed by atoms with van der Waals surface area (Å²) in [4.78, 5) is 0. The van der Waals surface area contributed by atoms with Gasteiger partial charge in [-0.15, -0.1) is 0 Å². The lowest BCUT2D eigenvalue weighted by atomic mass is 9.83. The second-order valence-corrected chi connectivity index (χ2v) is 6.42. The van der Waals surface area contributed by atoms with Gasteiger partial charge in [-0.2, -0.15) is 11.8 Å². The van der Waals surface area contributed by atoms with Gasteiger partial charge in [0.25, 0.3) is 0 Å². The van der Waals surface area contributed by atoms with Crippen molar-refractivity contribution in [3.63, 3.8) is 0 Å². The number of rotatable bonds is 6. The third-order valence-corrected chi connectivity index (χ3v) is 4.44. The summed E-state index contributed by atoms with van der Waals surface area (Å²) in [7, 11) is 0. The number of furan rings is 1. The average molecular weight is 267 g/mol. The maximum absolute atomic E-state index is 5.75. The van der Waals surface area contributed by atoms with Crippen molar-refractivity contribution in [2.45, 2.75) is 44.9 Å². The maximum atomic E-state index is 5.75. The van der Waals surface area contributed by atoms with Gasteiger partial charge < -0.3 is 9.73 Å². The molecular formula is C15H25NOS. The molecule has 0 aromatic carbocycles. The van der Waals surface area contributed by atoms with Gasteiger partial charge in [-0.3, -0.25) is 0 Å². The van der Waals surface area contributed by atoms with Crippen LogP contribution in [-0.2, 0) is 12.3 Å². The fourth-order valence-electron chi connectivity index (χ4n) is 2.67. The number of hydrogen-bond donors (Lipinski definition) is 1. The summed E-state index contributed by atoms with van der Waals surface area (Å²) in [5, 5.41) is 3.54. The van der Waals surface area contributed by atoms with Crippen molar-refractivity contribution in [3.05, 3.63) is 23.7 Å². The van der Waals surface area contributed by atoms with Gasteiger partial charge in [0.05, 0.1) is 12.3 Å². The van der Waals surface area contributed by atoms with Crippen molar-refractivity contribution in [2.24, 2.45) is 11.8 Å². The number of hydrogen-bond acceptors (Lipinski definition) is 3. The van der Waals surface area contributed by atoms with E-state index < -0.39 is 0 Å². The zero-order valence-corrected chi connectivity index (χ0v) is 12.4. The minimum atomic E-state index is 0.875. The molecule has 0 bridgehead atoms. The molecule has 0 saturated heterocycles. The van der Waals surface area contributed by atoms with Crippen LogP contribution in [0.15, 0.2) is 16.5 Å². The van der Waals surface area contributed by atoms with Crippen LogP contribution in [0.5, 0.6) is 0 Å². The zero-order chi connectivity index (χ0) is 12.8. The lowest BCUT2D eigenvalue weighted by molar-refractivity contribution is 0.279. The van der Waals surface area contributed by atoms with Gasteiger partial charge in [0.2, 0.25) is 0 Å².